The van der Waals surface area contributed by atoms with Gasteiger partial charge in [0.05, 0.1) is 6.54 Å². The lowest BCUT2D eigenvalue weighted by Gasteiger charge is -2.26. The predicted octanol–water partition coefficient (Wildman–Crippen LogP) is 3.00. The van der Waals surface area contributed by atoms with Gasteiger partial charge in [-0.05, 0) is 13.0 Å². The third-order valence-corrected chi connectivity index (χ3v) is 3.94. The standard InChI is InChI=1S/C17H16N4O/c1-12-7-9-18-17(19-12)21-10-8-15-14(11-21)16(20-22-15)13-5-3-2-4-6-13/h2-7,9H,8,10-11H2,1H3. The summed E-state index contributed by atoms with van der Waals surface area (Å²) in [5.41, 5.74) is 4.12. The highest BCUT2D eigenvalue weighted by Crippen LogP contribution is 2.30. The van der Waals surface area contributed by atoms with Crippen molar-refractivity contribution in [1.82, 2.24) is 15.1 Å². The average molecular weight is 292 g/mol. The third kappa shape index (κ3) is 2.24. The molecule has 4 rings (SSSR count). The van der Waals surface area contributed by atoms with Gasteiger partial charge in [-0.3, -0.25) is 0 Å². The summed E-state index contributed by atoms with van der Waals surface area (Å²) in [4.78, 5) is 11.1. The van der Waals surface area contributed by atoms with E-state index in [-0.39, 0.29) is 0 Å². The second kappa shape index (κ2) is 5.26. The van der Waals surface area contributed by atoms with E-state index in [4.69, 9.17) is 4.52 Å². The van der Waals surface area contributed by atoms with Crippen LogP contribution in [-0.2, 0) is 13.0 Å². The molecule has 0 bridgehead atoms. The van der Waals surface area contributed by atoms with Crippen LogP contribution in [0.4, 0.5) is 5.95 Å². The Hall–Kier alpha value is -2.69. The Bertz CT molecular complexity index is 797. The zero-order valence-electron chi connectivity index (χ0n) is 12.4. The van der Waals surface area contributed by atoms with E-state index in [0.717, 1.165) is 53.7 Å². The first-order chi connectivity index (χ1) is 10.8. The molecule has 1 aromatic carbocycles. The van der Waals surface area contributed by atoms with Gasteiger partial charge in [0.25, 0.3) is 0 Å². The van der Waals surface area contributed by atoms with Gasteiger partial charge in [-0.1, -0.05) is 35.5 Å². The van der Waals surface area contributed by atoms with E-state index in [2.05, 4.69) is 32.2 Å². The lowest BCUT2D eigenvalue weighted by atomic mass is 10.0. The van der Waals surface area contributed by atoms with Crippen molar-refractivity contribution < 1.29 is 4.52 Å². The molecule has 1 aliphatic heterocycles. The summed E-state index contributed by atoms with van der Waals surface area (Å²) in [7, 11) is 0. The maximum absolute atomic E-state index is 5.53. The highest BCUT2D eigenvalue weighted by molar-refractivity contribution is 5.64. The van der Waals surface area contributed by atoms with Crippen LogP contribution in [0.5, 0.6) is 0 Å². The second-order valence-corrected chi connectivity index (χ2v) is 5.47. The van der Waals surface area contributed by atoms with Crippen molar-refractivity contribution in [3.63, 3.8) is 0 Å². The maximum Gasteiger partial charge on any atom is 0.225 e. The van der Waals surface area contributed by atoms with Gasteiger partial charge in [0.1, 0.15) is 11.5 Å². The van der Waals surface area contributed by atoms with Crippen LogP contribution in [0.25, 0.3) is 11.3 Å². The van der Waals surface area contributed by atoms with Gasteiger partial charge >= 0.3 is 0 Å². The predicted molar refractivity (Wildman–Crippen MR) is 83.5 cm³/mol. The van der Waals surface area contributed by atoms with Crippen LogP contribution in [0.2, 0.25) is 0 Å². The number of hydrogen-bond donors (Lipinski definition) is 0. The largest absolute Gasteiger partial charge is 0.360 e. The van der Waals surface area contributed by atoms with E-state index in [1.165, 1.54) is 0 Å². The Morgan fingerprint density at radius 2 is 2.00 bits per heavy atom. The monoisotopic (exact) mass is 292 g/mol. The minimum atomic E-state index is 0.729. The summed E-state index contributed by atoms with van der Waals surface area (Å²) < 4.78 is 5.53. The molecular weight excluding hydrogens is 276 g/mol. The molecule has 0 aliphatic carbocycles. The molecule has 5 nitrogen and oxygen atoms in total. The van der Waals surface area contributed by atoms with Gasteiger partial charge < -0.3 is 9.42 Å². The second-order valence-electron chi connectivity index (χ2n) is 5.47. The molecule has 22 heavy (non-hydrogen) atoms. The summed E-state index contributed by atoms with van der Waals surface area (Å²) in [6.45, 7) is 3.56. The van der Waals surface area contributed by atoms with Gasteiger partial charge in [-0.2, -0.15) is 0 Å². The van der Waals surface area contributed by atoms with Crippen molar-refractivity contribution >= 4 is 5.95 Å². The van der Waals surface area contributed by atoms with Crippen LogP contribution in [0.1, 0.15) is 17.0 Å². The molecule has 0 atom stereocenters. The number of nitrogens with zero attached hydrogens (tertiary/aromatic N) is 4. The minimum absolute atomic E-state index is 0.729. The van der Waals surface area contributed by atoms with E-state index < -0.39 is 0 Å². The van der Waals surface area contributed by atoms with Crippen molar-refractivity contribution in [3.05, 3.63) is 59.6 Å². The summed E-state index contributed by atoms with van der Waals surface area (Å²) in [6.07, 6.45) is 2.63. The first kappa shape index (κ1) is 13.0. The summed E-state index contributed by atoms with van der Waals surface area (Å²) >= 11 is 0. The molecule has 0 N–H and O–H groups in total. The van der Waals surface area contributed by atoms with Gasteiger partial charge in [-0.15, -0.1) is 0 Å². The molecule has 0 saturated heterocycles. The van der Waals surface area contributed by atoms with Crippen molar-refractivity contribution in [1.29, 1.82) is 0 Å². The maximum atomic E-state index is 5.53. The van der Waals surface area contributed by atoms with Crippen molar-refractivity contribution in [2.45, 2.75) is 19.9 Å². The third-order valence-electron chi connectivity index (χ3n) is 3.94. The molecular formula is C17H16N4O. The smallest absolute Gasteiger partial charge is 0.225 e. The van der Waals surface area contributed by atoms with Crippen LogP contribution in [0.3, 0.4) is 0 Å². The summed E-state index contributed by atoms with van der Waals surface area (Å²) in [5.74, 6) is 1.74. The SMILES string of the molecule is Cc1ccnc(N2CCc3onc(-c4ccccc4)c3C2)n1. The molecule has 3 aromatic rings. The average Bonchev–Trinajstić information content (AvgIpc) is 2.99. The van der Waals surface area contributed by atoms with E-state index in [9.17, 15) is 0 Å². The fourth-order valence-corrected chi connectivity index (χ4v) is 2.79. The zero-order chi connectivity index (χ0) is 14.9. The lowest BCUT2D eigenvalue weighted by molar-refractivity contribution is 0.378. The summed E-state index contributed by atoms with van der Waals surface area (Å²) in [5, 5.41) is 4.27. The molecule has 3 heterocycles. The Kier molecular flexibility index (Phi) is 3.11. The van der Waals surface area contributed by atoms with Crippen molar-refractivity contribution in [2.75, 3.05) is 11.4 Å². The molecule has 0 unspecified atom stereocenters. The first-order valence-electron chi connectivity index (χ1n) is 7.39. The normalized spacial score (nSPS) is 14.0. The number of aryl methyl sites for hydroxylation is 1. The van der Waals surface area contributed by atoms with Crippen molar-refractivity contribution in [2.24, 2.45) is 0 Å². The fraction of sp³-hybridized carbons (Fsp3) is 0.235. The highest BCUT2D eigenvalue weighted by Gasteiger charge is 2.26. The number of anilines is 1. The highest BCUT2D eigenvalue weighted by atomic mass is 16.5. The zero-order valence-corrected chi connectivity index (χ0v) is 12.4. The Morgan fingerprint density at radius 3 is 2.82 bits per heavy atom. The Labute approximate surface area is 128 Å². The van der Waals surface area contributed by atoms with E-state index >= 15 is 0 Å². The Balaban J connectivity index is 1.70. The van der Waals surface area contributed by atoms with Crippen LogP contribution >= 0.6 is 0 Å². The van der Waals surface area contributed by atoms with Crippen LogP contribution in [0.15, 0.2) is 47.1 Å². The summed E-state index contributed by atoms with van der Waals surface area (Å²) in [6, 6.07) is 12.1. The van der Waals surface area contributed by atoms with Gasteiger partial charge in [0.2, 0.25) is 5.95 Å². The number of rotatable bonds is 2. The van der Waals surface area contributed by atoms with E-state index in [1.54, 1.807) is 6.20 Å². The number of fused-ring (bicyclic) bond motifs is 1. The molecule has 0 radical (unpaired) electrons. The van der Waals surface area contributed by atoms with Crippen LogP contribution < -0.4 is 4.90 Å². The molecule has 5 heteroatoms. The number of hydrogen-bond acceptors (Lipinski definition) is 5. The number of aromatic nitrogens is 3. The number of benzene rings is 1. The van der Waals surface area contributed by atoms with Crippen molar-refractivity contribution in [3.8, 4) is 11.3 Å². The first-order valence-corrected chi connectivity index (χ1v) is 7.39. The molecule has 2 aromatic heterocycles. The fourth-order valence-electron chi connectivity index (χ4n) is 2.79. The minimum Gasteiger partial charge on any atom is -0.360 e. The molecule has 110 valence electrons. The topological polar surface area (TPSA) is 55.1 Å². The van der Waals surface area contributed by atoms with E-state index in [0.29, 0.717) is 0 Å². The molecule has 1 aliphatic rings. The molecule has 0 fully saturated rings. The lowest BCUT2D eigenvalue weighted by Crippen LogP contribution is -2.31. The van der Waals surface area contributed by atoms with E-state index in [1.807, 2.05) is 31.2 Å². The van der Waals surface area contributed by atoms with Crippen LogP contribution in [-0.4, -0.2) is 21.7 Å². The molecule has 0 spiro atoms. The quantitative estimate of drug-likeness (QED) is 0.726. The van der Waals surface area contributed by atoms with Gasteiger partial charge in [-0.25, -0.2) is 9.97 Å². The van der Waals surface area contributed by atoms with Crippen LogP contribution in [0, 0.1) is 6.92 Å². The molecule has 0 saturated carbocycles. The molecule has 0 amide bonds. The van der Waals surface area contributed by atoms with Gasteiger partial charge in [0, 0.05) is 36.0 Å². The van der Waals surface area contributed by atoms with Gasteiger partial charge in [0.15, 0.2) is 0 Å². The Morgan fingerprint density at radius 1 is 1.14 bits per heavy atom.